The van der Waals surface area contributed by atoms with Gasteiger partial charge in [0.1, 0.15) is 5.25 Å². The first kappa shape index (κ1) is 18.1. The average Bonchev–Trinajstić information content (AvgIpc) is 2.73. The summed E-state index contributed by atoms with van der Waals surface area (Å²) in [6.45, 7) is 0. The standard InChI is InChI=1S/C23H24N2OS/c26-23(24-19-12-5-2-6-13-19)22(18-10-3-1-4-11-18)27-21-16-15-17-9-7-8-14-20(17)25-21/h1,3-4,7-11,14-16,19,22H,2,5-6,12-13H2,(H,24,26). The van der Waals surface area contributed by atoms with Gasteiger partial charge in [0.25, 0.3) is 0 Å². The van der Waals surface area contributed by atoms with Gasteiger partial charge in [0.05, 0.1) is 10.5 Å². The Labute approximate surface area is 164 Å². The fourth-order valence-corrected chi connectivity index (χ4v) is 4.67. The molecule has 0 spiro atoms. The van der Waals surface area contributed by atoms with Crippen molar-refractivity contribution in [1.82, 2.24) is 10.3 Å². The summed E-state index contributed by atoms with van der Waals surface area (Å²) in [5, 5.41) is 4.99. The Kier molecular flexibility index (Phi) is 5.73. The van der Waals surface area contributed by atoms with E-state index in [0.717, 1.165) is 34.3 Å². The van der Waals surface area contributed by atoms with Crippen LogP contribution in [0.3, 0.4) is 0 Å². The van der Waals surface area contributed by atoms with Crippen LogP contribution < -0.4 is 5.32 Å². The van der Waals surface area contributed by atoms with E-state index in [2.05, 4.69) is 17.4 Å². The lowest BCUT2D eigenvalue weighted by molar-refractivity contribution is -0.121. The molecule has 0 radical (unpaired) electrons. The third-order valence-corrected chi connectivity index (χ3v) is 6.29. The van der Waals surface area contributed by atoms with E-state index in [1.807, 2.05) is 54.6 Å². The van der Waals surface area contributed by atoms with Crippen molar-refractivity contribution in [3.63, 3.8) is 0 Å². The van der Waals surface area contributed by atoms with E-state index in [0.29, 0.717) is 6.04 Å². The van der Waals surface area contributed by atoms with Gasteiger partial charge in [-0.15, -0.1) is 0 Å². The van der Waals surface area contributed by atoms with Crippen LogP contribution in [0.2, 0.25) is 0 Å². The van der Waals surface area contributed by atoms with E-state index in [-0.39, 0.29) is 11.2 Å². The van der Waals surface area contributed by atoms with Gasteiger partial charge in [-0.25, -0.2) is 4.98 Å². The van der Waals surface area contributed by atoms with E-state index in [1.165, 1.54) is 31.0 Å². The van der Waals surface area contributed by atoms with Crippen molar-refractivity contribution in [2.45, 2.75) is 48.4 Å². The number of carbonyl (C=O) groups is 1. The van der Waals surface area contributed by atoms with Crippen LogP contribution in [0.5, 0.6) is 0 Å². The lowest BCUT2D eigenvalue weighted by Crippen LogP contribution is -2.38. The van der Waals surface area contributed by atoms with Gasteiger partial charge < -0.3 is 5.32 Å². The number of nitrogens with zero attached hydrogens (tertiary/aromatic N) is 1. The van der Waals surface area contributed by atoms with Crippen molar-refractivity contribution < 1.29 is 4.79 Å². The first-order chi connectivity index (χ1) is 13.3. The lowest BCUT2D eigenvalue weighted by Gasteiger charge is -2.25. The zero-order chi connectivity index (χ0) is 18.5. The van der Waals surface area contributed by atoms with E-state index >= 15 is 0 Å². The third kappa shape index (κ3) is 4.51. The second-order valence-corrected chi connectivity index (χ2v) is 8.22. The summed E-state index contributed by atoms with van der Waals surface area (Å²) in [5.41, 5.74) is 1.98. The number of nitrogens with one attached hydrogen (secondary N) is 1. The Balaban J connectivity index is 1.58. The minimum atomic E-state index is -0.290. The maximum absolute atomic E-state index is 13.1. The highest BCUT2D eigenvalue weighted by Gasteiger charge is 2.25. The number of rotatable bonds is 5. The lowest BCUT2D eigenvalue weighted by atomic mass is 9.95. The molecular weight excluding hydrogens is 352 g/mol. The molecule has 1 unspecified atom stereocenters. The summed E-state index contributed by atoms with van der Waals surface area (Å²) in [5.74, 6) is 0.0908. The minimum Gasteiger partial charge on any atom is -0.352 e. The number of aromatic nitrogens is 1. The van der Waals surface area contributed by atoms with Gasteiger partial charge in [-0.3, -0.25) is 4.79 Å². The fraction of sp³-hybridized carbons (Fsp3) is 0.304. The average molecular weight is 377 g/mol. The molecule has 1 N–H and O–H groups in total. The molecule has 3 nitrogen and oxygen atoms in total. The van der Waals surface area contributed by atoms with E-state index in [4.69, 9.17) is 4.98 Å². The third-order valence-electron chi connectivity index (χ3n) is 5.10. The predicted octanol–water partition coefficient (Wildman–Crippen LogP) is 5.52. The van der Waals surface area contributed by atoms with Crippen LogP contribution >= 0.6 is 11.8 Å². The van der Waals surface area contributed by atoms with Crippen molar-refractivity contribution in [3.05, 3.63) is 72.3 Å². The summed E-state index contributed by atoms with van der Waals surface area (Å²) in [6.07, 6.45) is 5.88. The highest BCUT2D eigenvalue weighted by Crippen LogP contribution is 2.35. The van der Waals surface area contributed by atoms with Crippen LogP contribution in [0.1, 0.15) is 42.9 Å². The number of carbonyl (C=O) groups excluding carboxylic acids is 1. The number of benzene rings is 2. The zero-order valence-corrected chi connectivity index (χ0v) is 16.1. The molecule has 1 amide bonds. The molecule has 4 rings (SSSR count). The topological polar surface area (TPSA) is 42.0 Å². The number of hydrogen-bond acceptors (Lipinski definition) is 3. The predicted molar refractivity (Wildman–Crippen MR) is 112 cm³/mol. The van der Waals surface area contributed by atoms with Crippen molar-refractivity contribution in [3.8, 4) is 0 Å². The summed E-state index contributed by atoms with van der Waals surface area (Å²) < 4.78 is 0. The molecule has 0 aliphatic heterocycles. The number of pyridine rings is 1. The van der Waals surface area contributed by atoms with Crippen molar-refractivity contribution in [2.24, 2.45) is 0 Å². The monoisotopic (exact) mass is 376 g/mol. The van der Waals surface area contributed by atoms with Crippen LogP contribution in [-0.4, -0.2) is 16.9 Å². The molecule has 1 saturated carbocycles. The zero-order valence-electron chi connectivity index (χ0n) is 15.3. The maximum Gasteiger partial charge on any atom is 0.238 e. The number of fused-ring (bicyclic) bond motifs is 1. The first-order valence-corrected chi connectivity index (χ1v) is 10.6. The van der Waals surface area contributed by atoms with Crippen LogP contribution in [-0.2, 0) is 4.79 Å². The molecule has 1 aliphatic carbocycles. The molecule has 1 heterocycles. The molecule has 0 bridgehead atoms. The van der Waals surface area contributed by atoms with Gasteiger partial charge in [-0.2, -0.15) is 0 Å². The highest BCUT2D eigenvalue weighted by molar-refractivity contribution is 8.00. The van der Waals surface area contributed by atoms with Crippen LogP contribution in [0, 0.1) is 0 Å². The molecule has 0 saturated heterocycles. The number of thioether (sulfide) groups is 1. The summed E-state index contributed by atoms with van der Waals surface area (Å²) >= 11 is 1.53. The van der Waals surface area contributed by atoms with Gasteiger partial charge >= 0.3 is 0 Å². The molecule has 1 aromatic heterocycles. The van der Waals surface area contributed by atoms with E-state index < -0.39 is 0 Å². The highest BCUT2D eigenvalue weighted by atomic mass is 32.2. The summed E-state index contributed by atoms with van der Waals surface area (Å²) in [4.78, 5) is 17.9. The molecule has 1 fully saturated rings. The van der Waals surface area contributed by atoms with Crippen molar-refractivity contribution >= 4 is 28.6 Å². The molecular formula is C23H24N2OS. The fourth-order valence-electron chi connectivity index (χ4n) is 3.66. The van der Waals surface area contributed by atoms with Gasteiger partial charge in [0.2, 0.25) is 5.91 Å². The van der Waals surface area contributed by atoms with Gasteiger partial charge in [-0.05, 0) is 30.5 Å². The van der Waals surface area contributed by atoms with Crippen molar-refractivity contribution in [1.29, 1.82) is 0 Å². The summed E-state index contributed by atoms with van der Waals surface area (Å²) in [7, 11) is 0. The quantitative estimate of drug-likeness (QED) is 0.596. The molecule has 3 aromatic rings. The second-order valence-electron chi connectivity index (χ2n) is 7.09. The Bertz CT molecular complexity index is 906. The first-order valence-electron chi connectivity index (χ1n) is 9.67. The van der Waals surface area contributed by atoms with E-state index in [1.54, 1.807) is 0 Å². The largest absolute Gasteiger partial charge is 0.352 e. The molecule has 27 heavy (non-hydrogen) atoms. The molecule has 138 valence electrons. The Morgan fingerprint density at radius 3 is 2.48 bits per heavy atom. The molecule has 1 aliphatic rings. The normalized spacial score (nSPS) is 16.1. The van der Waals surface area contributed by atoms with Gasteiger partial charge in [-0.1, -0.05) is 85.6 Å². The van der Waals surface area contributed by atoms with Crippen LogP contribution in [0.25, 0.3) is 10.9 Å². The van der Waals surface area contributed by atoms with Gasteiger partial charge in [0.15, 0.2) is 0 Å². The Hall–Kier alpha value is -2.33. The number of amides is 1. The Morgan fingerprint density at radius 2 is 1.67 bits per heavy atom. The Morgan fingerprint density at radius 1 is 0.926 bits per heavy atom. The molecule has 1 atom stereocenters. The van der Waals surface area contributed by atoms with Crippen molar-refractivity contribution in [2.75, 3.05) is 0 Å². The smallest absolute Gasteiger partial charge is 0.238 e. The summed E-state index contributed by atoms with van der Waals surface area (Å²) in [6, 6.07) is 22.5. The molecule has 2 aromatic carbocycles. The van der Waals surface area contributed by atoms with Crippen LogP contribution in [0.4, 0.5) is 0 Å². The van der Waals surface area contributed by atoms with E-state index in [9.17, 15) is 4.79 Å². The maximum atomic E-state index is 13.1. The minimum absolute atomic E-state index is 0.0908. The second kappa shape index (κ2) is 8.57. The SMILES string of the molecule is O=C(NC1CCCCC1)C(Sc1ccc2ccccc2n1)c1ccccc1. The van der Waals surface area contributed by atoms with Crippen LogP contribution in [0.15, 0.2) is 71.8 Å². The molecule has 4 heteroatoms. The number of para-hydroxylation sites is 1. The van der Waals surface area contributed by atoms with Gasteiger partial charge in [0, 0.05) is 11.4 Å². The number of hydrogen-bond donors (Lipinski definition) is 1.